The van der Waals surface area contributed by atoms with Crippen molar-refractivity contribution < 1.29 is 9.90 Å². The molecule has 1 atom stereocenters. The van der Waals surface area contributed by atoms with E-state index in [-0.39, 0.29) is 12.5 Å². The number of nitrogens with one attached hydrogen (secondary N) is 1. The maximum absolute atomic E-state index is 11.4. The van der Waals surface area contributed by atoms with Crippen LogP contribution in [0.3, 0.4) is 0 Å². The van der Waals surface area contributed by atoms with E-state index in [0.717, 1.165) is 12.8 Å². The van der Waals surface area contributed by atoms with Crippen LogP contribution in [0.1, 0.15) is 33.6 Å². The summed E-state index contributed by atoms with van der Waals surface area (Å²) in [5, 5.41) is 12.2. The molecule has 0 aromatic heterocycles. The van der Waals surface area contributed by atoms with Gasteiger partial charge in [-0.1, -0.05) is 27.2 Å². The van der Waals surface area contributed by atoms with Crippen molar-refractivity contribution in [3.05, 3.63) is 0 Å². The van der Waals surface area contributed by atoms with Crippen LogP contribution in [0.15, 0.2) is 0 Å². The molecule has 15 heavy (non-hydrogen) atoms. The van der Waals surface area contributed by atoms with Crippen molar-refractivity contribution in [3.63, 3.8) is 0 Å². The van der Waals surface area contributed by atoms with Gasteiger partial charge in [-0.15, -0.1) is 11.8 Å². The van der Waals surface area contributed by atoms with Crippen molar-refractivity contribution in [2.24, 2.45) is 5.92 Å². The van der Waals surface area contributed by atoms with Crippen LogP contribution in [-0.4, -0.2) is 35.2 Å². The molecule has 0 saturated heterocycles. The zero-order valence-corrected chi connectivity index (χ0v) is 10.8. The Morgan fingerprint density at radius 2 is 2.13 bits per heavy atom. The van der Waals surface area contributed by atoms with Gasteiger partial charge in [0.05, 0.1) is 5.75 Å². The lowest BCUT2D eigenvalue weighted by Gasteiger charge is -2.14. The molecule has 0 aromatic carbocycles. The Morgan fingerprint density at radius 3 is 2.60 bits per heavy atom. The highest BCUT2D eigenvalue weighted by Crippen LogP contribution is 2.09. The van der Waals surface area contributed by atoms with E-state index in [9.17, 15) is 4.79 Å². The molecule has 2 N–H and O–H groups in total. The smallest absolute Gasteiger partial charge is 0.230 e. The number of hydrogen-bond acceptors (Lipinski definition) is 3. The second kappa shape index (κ2) is 9.04. The molecular weight excluding hydrogens is 210 g/mol. The molecule has 0 saturated carbocycles. The van der Waals surface area contributed by atoms with Crippen molar-refractivity contribution in [1.82, 2.24) is 5.32 Å². The van der Waals surface area contributed by atoms with Crippen LogP contribution in [-0.2, 0) is 4.79 Å². The molecule has 0 spiro atoms. The summed E-state index contributed by atoms with van der Waals surface area (Å²) in [5.74, 6) is 1.04. The molecule has 90 valence electrons. The Morgan fingerprint density at radius 1 is 1.47 bits per heavy atom. The van der Waals surface area contributed by atoms with Crippen molar-refractivity contribution in [3.8, 4) is 0 Å². The SMILES string of the molecule is CCC(CCO)CNC(=O)CSC(C)C. The minimum atomic E-state index is 0.102. The fraction of sp³-hybridized carbons (Fsp3) is 0.909. The van der Waals surface area contributed by atoms with Crippen LogP contribution >= 0.6 is 11.8 Å². The van der Waals surface area contributed by atoms with Crippen LogP contribution in [0, 0.1) is 5.92 Å². The summed E-state index contributed by atoms with van der Waals surface area (Å²) < 4.78 is 0. The van der Waals surface area contributed by atoms with E-state index >= 15 is 0 Å². The van der Waals surface area contributed by atoms with E-state index in [2.05, 4.69) is 26.1 Å². The predicted molar refractivity (Wildman–Crippen MR) is 66.1 cm³/mol. The van der Waals surface area contributed by atoms with Crippen LogP contribution in [0.2, 0.25) is 0 Å². The van der Waals surface area contributed by atoms with Gasteiger partial charge in [0.25, 0.3) is 0 Å². The van der Waals surface area contributed by atoms with E-state index in [1.165, 1.54) is 0 Å². The Hall–Kier alpha value is -0.220. The molecule has 0 aliphatic rings. The van der Waals surface area contributed by atoms with Gasteiger partial charge in [-0.3, -0.25) is 4.79 Å². The number of aliphatic hydroxyl groups is 1. The van der Waals surface area contributed by atoms with Gasteiger partial charge in [0.2, 0.25) is 5.91 Å². The molecule has 0 heterocycles. The third-order valence-corrected chi connectivity index (χ3v) is 3.35. The molecule has 0 radical (unpaired) electrons. The molecular formula is C11H23NO2S. The lowest BCUT2D eigenvalue weighted by molar-refractivity contribution is -0.118. The standard InChI is InChI=1S/C11H23NO2S/c1-4-10(5-6-13)7-12-11(14)8-15-9(2)3/h9-10,13H,4-8H2,1-3H3,(H,12,14). The number of thioether (sulfide) groups is 1. The second-order valence-electron chi connectivity index (χ2n) is 3.95. The van der Waals surface area contributed by atoms with Crippen molar-refractivity contribution in [2.75, 3.05) is 18.9 Å². The summed E-state index contributed by atoms with van der Waals surface area (Å²) in [6, 6.07) is 0. The maximum Gasteiger partial charge on any atom is 0.230 e. The van der Waals surface area contributed by atoms with Gasteiger partial charge in [-0.25, -0.2) is 0 Å². The predicted octanol–water partition coefficient (Wildman–Crippen LogP) is 1.65. The topological polar surface area (TPSA) is 49.3 Å². The summed E-state index contributed by atoms with van der Waals surface area (Å²) in [5.41, 5.74) is 0. The van der Waals surface area contributed by atoms with Crippen molar-refractivity contribution in [1.29, 1.82) is 0 Å². The summed E-state index contributed by atoms with van der Waals surface area (Å²) in [6.07, 6.45) is 1.77. The molecule has 0 aliphatic heterocycles. The number of rotatable bonds is 8. The van der Waals surface area contributed by atoms with E-state index in [0.29, 0.717) is 23.5 Å². The van der Waals surface area contributed by atoms with Crippen molar-refractivity contribution >= 4 is 17.7 Å². The quantitative estimate of drug-likeness (QED) is 0.670. The lowest BCUT2D eigenvalue weighted by atomic mass is 10.0. The van der Waals surface area contributed by atoms with Gasteiger partial charge in [0.1, 0.15) is 0 Å². The summed E-state index contributed by atoms with van der Waals surface area (Å²) in [7, 11) is 0. The highest BCUT2D eigenvalue weighted by atomic mass is 32.2. The van der Waals surface area contributed by atoms with E-state index in [1.807, 2.05) is 0 Å². The lowest BCUT2D eigenvalue weighted by Crippen LogP contribution is -2.31. The minimum Gasteiger partial charge on any atom is -0.396 e. The van der Waals surface area contributed by atoms with Gasteiger partial charge in [0.15, 0.2) is 0 Å². The number of hydrogen-bond donors (Lipinski definition) is 2. The Kier molecular flexibility index (Phi) is 8.91. The van der Waals surface area contributed by atoms with Gasteiger partial charge >= 0.3 is 0 Å². The second-order valence-corrected chi connectivity index (χ2v) is 5.52. The van der Waals surface area contributed by atoms with Gasteiger partial charge in [-0.2, -0.15) is 0 Å². The first-order valence-electron chi connectivity index (χ1n) is 5.59. The first kappa shape index (κ1) is 14.8. The molecule has 1 amide bonds. The van der Waals surface area contributed by atoms with E-state index < -0.39 is 0 Å². The number of carbonyl (C=O) groups excluding carboxylic acids is 1. The normalized spacial score (nSPS) is 12.9. The van der Waals surface area contributed by atoms with E-state index in [1.54, 1.807) is 11.8 Å². The van der Waals surface area contributed by atoms with E-state index in [4.69, 9.17) is 5.11 Å². The Balaban J connectivity index is 3.59. The number of carbonyl (C=O) groups is 1. The fourth-order valence-corrected chi connectivity index (χ4v) is 1.77. The molecule has 0 aliphatic carbocycles. The maximum atomic E-state index is 11.4. The largest absolute Gasteiger partial charge is 0.396 e. The average Bonchev–Trinajstić information content (AvgIpc) is 2.21. The number of aliphatic hydroxyl groups excluding tert-OH is 1. The zero-order chi connectivity index (χ0) is 11.7. The van der Waals surface area contributed by atoms with Crippen molar-refractivity contribution in [2.45, 2.75) is 38.9 Å². The zero-order valence-electron chi connectivity index (χ0n) is 9.95. The van der Waals surface area contributed by atoms with Crippen LogP contribution in [0.5, 0.6) is 0 Å². The molecule has 1 unspecified atom stereocenters. The molecule has 0 aromatic rings. The summed E-state index contributed by atoms with van der Waals surface area (Å²) in [6.45, 7) is 7.14. The summed E-state index contributed by atoms with van der Waals surface area (Å²) >= 11 is 1.65. The first-order valence-corrected chi connectivity index (χ1v) is 6.64. The van der Waals surface area contributed by atoms with Gasteiger partial charge in [-0.05, 0) is 17.6 Å². The minimum absolute atomic E-state index is 0.102. The molecule has 0 rings (SSSR count). The van der Waals surface area contributed by atoms with Gasteiger partial charge in [0, 0.05) is 13.2 Å². The number of amides is 1. The molecule has 3 nitrogen and oxygen atoms in total. The third-order valence-electron chi connectivity index (χ3n) is 2.25. The highest BCUT2D eigenvalue weighted by molar-refractivity contribution is 8.00. The summed E-state index contributed by atoms with van der Waals surface area (Å²) in [4.78, 5) is 11.4. The highest BCUT2D eigenvalue weighted by Gasteiger charge is 2.08. The van der Waals surface area contributed by atoms with Crippen LogP contribution in [0.4, 0.5) is 0 Å². The molecule has 0 fully saturated rings. The van der Waals surface area contributed by atoms with Gasteiger partial charge < -0.3 is 10.4 Å². The molecule has 4 heteroatoms. The fourth-order valence-electron chi connectivity index (χ4n) is 1.18. The Bertz CT molecular complexity index is 174. The van der Waals surface area contributed by atoms with Crippen LogP contribution in [0.25, 0.3) is 0 Å². The Labute approximate surface area is 97.0 Å². The third kappa shape index (κ3) is 8.75. The monoisotopic (exact) mass is 233 g/mol. The van der Waals surface area contributed by atoms with Crippen LogP contribution < -0.4 is 5.32 Å². The average molecular weight is 233 g/mol. The first-order chi connectivity index (χ1) is 7.10. The molecule has 0 bridgehead atoms.